The Morgan fingerprint density at radius 2 is 2.00 bits per heavy atom. The maximum absolute atomic E-state index is 13.7. The van der Waals surface area contributed by atoms with Gasteiger partial charge in [-0.2, -0.15) is 0 Å². The first kappa shape index (κ1) is 14.6. The topological polar surface area (TPSA) is 55.1 Å². The van der Waals surface area contributed by atoms with Crippen LogP contribution in [0.25, 0.3) is 0 Å². The lowest BCUT2D eigenvalue weighted by molar-refractivity contribution is 0.0938. The summed E-state index contributed by atoms with van der Waals surface area (Å²) in [6, 6.07) is 4.79. The normalized spacial score (nSPS) is 11.4. The number of hydrogen-bond donors (Lipinski definition) is 2. The zero-order chi connectivity index (χ0) is 13.8. The number of carbonyl (C=O) groups excluding carboxylic acids is 1. The zero-order valence-corrected chi connectivity index (χ0v) is 11.2. The van der Waals surface area contributed by atoms with Gasteiger partial charge in [-0.1, -0.05) is 26.0 Å². The van der Waals surface area contributed by atoms with Crippen LogP contribution in [0.5, 0.6) is 0 Å². The van der Waals surface area contributed by atoms with Crippen LogP contribution in [0, 0.1) is 12.7 Å². The highest BCUT2D eigenvalue weighted by atomic mass is 19.1. The Labute approximate surface area is 108 Å². The third kappa shape index (κ3) is 3.29. The average molecular weight is 252 g/mol. The van der Waals surface area contributed by atoms with Crippen molar-refractivity contribution in [3.05, 3.63) is 35.1 Å². The number of nitrogens with one attached hydrogen (secondary N) is 1. The largest absolute Gasteiger partial charge is 0.350 e. The lowest BCUT2D eigenvalue weighted by Crippen LogP contribution is -2.49. The highest BCUT2D eigenvalue weighted by Crippen LogP contribution is 2.13. The number of benzene rings is 1. The van der Waals surface area contributed by atoms with Gasteiger partial charge in [-0.3, -0.25) is 4.79 Å². The molecule has 18 heavy (non-hydrogen) atoms. The molecule has 3 nitrogen and oxygen atoms in total. The predicted molar refractivity (Wildman–Crippen MR) is 71.0 cm³/mol. The van der Waals surface area contributed by atoms with Gasteiger partial charge in [-0.25, -0.2) is 4.39 Å². The summed E-state index contributed by atoms with van der Waals surface area (Å²) in [5.41, 5.74) is 6.20. The summed E-state index contributed by atoms with van der Waals surface area (Å²) < 4.78 is 13.7. The van der Waals surface area contributed by atoms with E-state index in [9.17, 15) is 9.18 Å². The Morgan fingerprint density at radius 3 is 2.56 bits per heavy atom. The molecule has 0 atom stereocenters. The van der Waals surface area contributed by atoms with Crippen LogP contribution in [0.4, 0.5) is 4.39 Å². The van der Waals surface area contributed by atoms with Crippen molar-refractivity contribution in [2.45, 2.75) is 39.2 Å². The lowest BCUT2D eigenvalue weighted by Gasteiger charge is -2.26. The fraction of sp³-hybridized carbons (Fsp3) is 0.500. The van der Waals surface area contributed by atoms with Gasteiger partial charge in [-0.05, 0) is 31.4 Å². The maximum atomic E-state index is 13.7. The zero-order valence-electron chi connectivity index (χ0n) is 11.2. The van der Waals surface area contributed by atoms with Crippen molar-refractivity contribution in [2.24, 2.45) is 5.73 Å². The molecule has 0 aliphatic carbocycles. The fourth-order valence-electron chi connectivity index (χ4n) is 1.67. The number of halogens is 1. The number of amides is 1. The summed E-state index contributed by atoms with van der Waals surface area (Å²) in [7, 11) is 0. The molecule has 0 radical (unpaired) electrons. The fourth-order valence-corrected chi connectivity index (χ4v) is 1.67. The number of aryl methyl sites for hydroxylation is 1. The molecule has 3 N–H and O–H groups in total. The maximum Gasteiger partial charge on any atom is 0.254 e. The molecule has 100 valence electrons. The molecule has 0 saturated heterocycles. The van der Waals surface area contributed by atoms with E-state index < -0.39 is 17.3 Å². The summed E-state index contributed by atoms with van der Waals surface area (Å²) >= 11 is 0. The van der Waals surface area contributed by atoms with Gasteiger partial charge in [0.05, 0.1) is 5.56 Å². The highest BCUT2D eigenvalue weighted by Gasteiger charge is 2.22. The van der Waals surface area contributed by atoms with Gasteiger partial charge in [0.2, 0.25) is 0 Å². The average Bonchev–Trinajstić information content (AvgIpc) is 2.39. The summed E-state index contributed by atoms with van der Waals surface area (Å²) in [4.78, 5) is 11.9. The van der Waals surface area contributed by atoms with Gasteiger partial charge in [0.15, 0.2) is 0 Å². The van der Waals surface area contributed by atoms with E-state index >= 15 is 0 Å². The van der Waals surface area contributed by atoms with Crippen LogP contribution in [0.2, 0.25) is 0 Å². The molecule has 0 unspecified atom stereocenters. The Hall–Kier alpha value is -1.42. The van der Waals surface area contributed by atoms with Crippen molar-refractivity contribution < 1.29 is 9.18 Å². The second-order valence-corrected chi connectivity index (χ2v) is 4.69. The quantitative estimate of drug-likeness (QED) is 0.845. The van der Waals surface area contributed by atoms with Crippen molar-refractivity contribution in [1.82, 2.24) is 5.32 Å². The molecule has 0 aliphatic rings. The van der Waals surface area contributed by atoms with E-state index in [0.29, 0.717) is 12.1 Å². The lowest BCUT2D eigenvalue weighted by atomic mass is 9.94. The van der Waals surface area contributed by atoms with Crippen molar-refractivity contribution in [3.8, 4) is 0 Å². The molecule has 0 aromatic heterocycles. The summed E-state index contributed by atoms with van der Waals surface area (Å²) in [6.45, 7) is 5.94. The van der Waals surface area contributed by atoms with Crippen LogP contribution in [0.15, 0.2) is 18.2 Å². The standard InChI is InChI=1S/C14H21FN2O/c1-4-14(16,5-2)9-17-13(18)11-8-6-7-10(3)12(11)15/h6-8H,4-5,9,16H2,1-3H3,(H,17,18). The van der Waals surface area contributed by atoms with Crippen molar-refractivity contribution in [1.29, 1.82) is 0 Å². The minimum atomic E-state index is -0.467. The van der Waals surface area contributed by atoms with E-state index in [2.05, 4.69) is 5.32 Å². The molecule has 1 rings (SSSR count). The molecule has 1 amide bonds. The first-order valence-corrected chi connectivity index (χ1v) is 6.25. The van der Waals surface area contributed by atoms with E-state index in [4.69, 9.17) is 5.73 Å². The van der Waals surface area contributed by atoms with Crippen LogP contribution in [0.3, 0.4) is 0 Å². The molecule has 0 fully saturated rings. The molecule has 0 bridgehead atoms. The third-order valence-electron chi connectivity index (χ3n) is 3.45. The van der Waals surface area contributed by atoms with Gasteiger partial charge in [-0.15, -0.1) is 0 Å². The Bertz CT molecular complexity index is 428. The van der Waals surface area contributed by atoms with Crippen LogP contribution in [-0.4, -0.2) is 18.0 Å². The monoisotopic (exact) mass is 252 g/mol. The molecule has 0 saturated carbocycles. The minimum Gasteiger partial charge on any atom is -0.350 e. The van der Waals surface area contributed by atoms with Crippen LogP contribution >= 0.6 is 0 Å². The van der Waals surface area contributed by atoms with Gasteiger partial charge < -0.3 is 11.1 Å². The molecular weight excluding hydrogens is 231 g/mol. The van der Waals surface area contributed by atoms with E-state index in [-0.39, 0.29) is 5.56 Å². The molecule has 4 heteroatoms. The van der Waals surface area contributed by atoms with Gasteiger partial charge in [0, 0.05) is 12.1 Å². The van der Waals surface area contributed by atoms with E-state index in [1.54, 1.807) is 19.1 Å². The van der Waals surface area contributed by atoms with Crippen LogP contribution in [0.1, 0.15) is 42.6 Å². The molecular formula is C14H21FN2O. The van der Waals surface area contributed by atoms with Crippen molar-refractivity contribution in [2.75, 3.05) is 6.54 Å². The minimum absolute atomic E-state index is 0.0737. The Balaban J connectivity index is 2.75. The predicted octanol–water partition coefficient (Wildman–Crippen LogP) is 2.38. The second kappa shape index (κ2) is 5.96. The Kier molecular flexibility index (Phi) is 4.84. The van der Waals surface area contributed by atoms with E-state index in [0.717, 1.165) is 12.8 Å². The highest BCUT2D eigenvalue weighted by molar-refractivity contribution is 5.94. The number of rotatable bonds is 5. The van der Waals surface area contributed by atoms with Crippen LogP contribution in [-0.2, 0) is 0 Å². The van der Waals surface area contributed by atoms with Gasteiger partial charge in [0.25, 0.3) is 5.91 Å². The first-order valence-electron chi connectivity index (χ1n) is 6.25. The second-order valence-electron chi connectivity index (χ2n) is 4.69. The summed E-state index contributed by atoms with van der Waals surface area (Å²) in [5, 5.41) is 2.71. The van der Waals surface area contributed by atoms with E-state index in [1.165, 1.54) is 6.07 Å². The molecule has 0 aliphatic heterocycles. The van der Waals surface area contributed by atoms with Gasteiger partial charge >= 0.3 is 0 Å². The number of hydrogen-bond acceptors (Lipinski definition) is 2. The number of nitrogens with two attached hydrogens (primary N) is 1. The molecule has 0 spiro atoms. The van der Waals surface area contributed by atoms with Crippen LogP contribution < -0.4 is 11.1 Å². The molecule has 0 heterocycles. The van der Waals surface area contributed by atoms with Crippen molar-refractivity contribution in [3.63, 3.8) is 0 Å². The summed E-state index contributed by atoms with van der Waals surface area (Å²) in [6.07, 6.45) is 1.53. The van der Waals surface area contributed by atoms with Crippen molar-refractivity contribution >= 4 is 5.91 Å². The SMILES string of the molecule is CCC(N)(CC)CNC(=O)c1cccc(C)c1F. The third-order valence-corrected chi connectivity index (χ3v) is 3.45. The molecule has 1 aromatic carbocycles. The molecule has 1 aromatic rings. The smallest absolute Gasteiger partial charge is 0.254 e. The van der Waals surface area contributed by atoms with Gasteiger partial charge in [0.1, 0.15) is 5.82 Å². The first-order chi connectivity index (χ1) is 8.43. The summed E-state index contributed by atoms with van der Waals surface area (Å²) in [5.74, 6) is -0.876. The van der Waals surface area contributed by atoms with E-state index in [1.807, 2.05) is 13.8 Å². The Morgan fingerprint density at radius 1 is 1.39 bits per heavy atom. The number of carbonyl (C=O) groups is 1.